The van der Waals surface area contributed by atoms with E-state index in [1.54, 1.807) is 30.3 Å². The van der Waals surface area contributed by atoms with Crippen molar-refractivity contribution in [2.45, 2.75) is 62.7 Å². The minimum Gasteiger partial charge on any atom is -0.508 e. The molecule has 14 nitrogen and oxygen atoms in total. The lowest BCUT2D eigenvalue weighted by molar-refractivity contribution is -0.142. The van der Waals surface area contributed by atoms with Crippen LogP contribution in [0, 0.1) is 0 Å². The van der Waals surface area contributed by atoms with Gasteiger partial charge in [0.05, 0.1) is 6.04 Å². The number of benzene rings is 2. The number of carboxylic acids is 1. The van der Waals surface area contributed by atoms with Crippen molar-refractivity contribution in [1.82, 2.24) is 16.0 Å². The molecule has 0 spiro atoms. The lowest BCUT2D eigenvalue weighted by Gasteiger charge is -2.25. The van der Waals surface area contributed by atoms with Crippen molar-refractivity contribution in [2.24, 2.45) is 17.2 Å². The van der Waals surface area contributed by atoms with E-state index in [1.165, 1.54) is 24.3 Å². The Labute approximate surface area is 242 Å². The van der Waals surface area contributed by atoms with Crippen LogP contribution in [-0.2, 0) is 41.6 Å². The minimum absolute atomic E-state index is 0.0241. The molecule has 0 heterocycles. The SMILES string of the molecule is NC(=O)CCC(N)C(=O)NC(Cc1ccc(O)cc1)C(=O)NC(CCC(N)=O)C(=O)NC(Cc1ccccc1)C(=O)O. The number of aromatic hydroxyl groups is 1. The van der Waals surface area contributed by atoms with Gasteiger partial charge in [-0.15, -0.1) is 0 Å². The molecule has 2 aromatic rings. The number of phenols is 1. The van der Waals surface area contributed by atoms with Crippen LogP contribution in [0.5, 0.6) is 5.75 Å². The average molecular weight is 585 g/mol. The Morgan fingerprint density at radius 3 is 1.69 bits per heavy atom. The highest BCUT2D eigenvalue weighted by Crippen LogP contribution is 2.12. The Morgan fingerprint density at radius 1 is 0.643 bits per heavy atom. The largest absolute Gasteiger partial charge is 0.508 e. The molecule has 2 rings (SSSR count). The molecule has 226 valence electrons. The zero-order valence-electron chi connectivity index (χ0n) is 22.8. The van der Waals surface area contributed by atoms with E-state index in [0.29, 0.717) is 11.1 Å². The van der Waals surface area contributed by atoms with Gasteiger partial charge < -0.3 is 43.4 Å². The Bertz CT molecular complexity index is 1250. The third kappa shape index (κ3) is 11.6. The van der Waals surface area contributed by atoms with Gasteiger partial charge in [-0.3, -0.25) is 24.0 Å². The molecule has 42 heavy (non-hydrogen) atoms. The third-order valence-corrected chi connectivity index (χ3v) is 6.26. The number of aliphatic carboxylic acids is 1. The summed E-state index contributed by atoms with van der Waals surface area (Å²) in [5.74, 6) is -5.22. The van der Waals surface area contributed by atoms with Crippen molar-refractivity contribution in [3.8, 4) is 5.75 Å². The van der Waals surface area contributed by atoms with Crippen LogP contribution in [0.1, 0.15) is 36.8 Å². The van der Waals surface area contributed by atoms with Crippen molar-refractivity contribution in [2.75, 3.05) is 0 Å². The van der Waals surface area contributed by atoms with E-state index in [4.69, 9.17) is 17.2 Å². The molecular weight excluding hydrogens is 548 g/mol. The Morgan fingerprint density at radius 2 is 1.12 bits per heavy atom. The molecule has 0 aromatic heterocycles. The van der Waals surface area contributed by atoms with Gasteiger partial charge in [-0.25, -0.2) is 4.79 Å². The Balaban J connectivity index is 2.25. The Kier molecular flexibility index (Phi) is 12.9. The van der Waals surface area contributed by atoms with E-state index in [0.717, 1.165) is 0 Å². The smallest absolute Gasteiger partial charge is 0.326 e. The number of phenolic OH excluding ortho intramolecular Hbond substituents is 1. The van der Waals surface area contributed by atoms with Gasteiger partial charge in [-0.2, -0.15) is 0 Å². The molecule has 2 aromatic carbocycles. The van der Waals surface area contributed by atoms with E-state index >= 15 is 0 Å². The predicted octanol–water partition coefficient (Wildman–Crippen LogP) is -1.43. The normalized spacial score (nSPS) is 13.5. The first-order valence-electron chi connectivity index (χ1n) is 13.1. The fraction of sp³-hybridized carbons (Fsp3) is 0.357. The molecule has 4 atom stereocenters. The van der Waals surface area contributed by atoms with Crippen molar-refractivity contribution < 1.29 is 39.0 Å². The van der Waals surface area contributed by atoms with Crippen molar-refractivity contribution >= 4 is 35.5 Å². The maximum Gasteiger partial charge on any atom is 0.326 e. The van der Waals surface area contributed by atoms with E-state index in [1.807, 2.05) is 0 Å². The number of primary amides is 2. The summed E-state index contributed by atoms with van der Waals surface area (Å²) in [6.45, 7) is 0. The second-order valence-corrected chi connectivity index (χ2v) is 9.70. The summed E-state index contributed by atoms with van der Waals surface area (Å²) in [5.41, 5.74) is 17.4. The van der Waals surface area contributed by atoms with Gasteiger partial charge in [0.15, 0.2) is 0 Å². The zero-order chi connectivity index (χ0) is 31.2. The topological polar surface area (TPSA) is 257 Å². The molecule has 4 unspecified atom stereocenters. The van der Waals surface area contributed by atoms with Crippen LogP contribution in [0.15, 0.2) is 54.6 Å². The van der Waals surface area contributed by atoms with Crippen molar-refractivity contribution in [1.29, 1.82) is 0 Å². The second kappa shape index (κ2) is 16.3. The number of nitrogens with one attached hydrogen (secondary N) is 3. The number of hydrogen-bond donors (Lipinski definition) is 8. The summed E-state index contributed by atoms with van der Waals surface area (Å²) in [5, 5.41) is 26.6. The first-order valence-corrected chi connectivity index (χ1v) is 13.1. The van der Waals surface area contributed by atoms with Gasteiger partial charge in [0, 0.05) is 25.7 Å². The average Bonchev–Trinajstić information content (AvgIpc) is 2.94. The van der Waals surface area contributed by atoms with Gasteiger partial charge in [-0.05, 0) is 36.1 Å². The summed E-state index contributed by atoms with van der Waals surface area (Å²) in [6, 6.07) is 9.20. The van der Waals surface area contributed by atoms with Crippen molar-refractivity contribution in [3.05, 3.63) is 65.7 Å². The highest BCUT2D eigenvalue weighted by atomic mass is 16.4. The van der Waals surface area contributed by atoms with Gasteiger partial charge in [0.2, 0.25) is 29.5 Å². The number of nitrogens with two attached hydrogens (primary N) is 3. The number of rotatable bonds is 17. The number of carbonyl (C=O) groups is 6. The first-order chi connectivity index (χ1) is 19.8. The zero-order valence-corrected chi connectivity index (χ0v) is 22.8. The van der Waals surface area contributed by atoms with E-state index in [2.05, 4.69) is 16.0 Å². The summed E-state index contributed by atoms with van der Waals surface area (Å²) in [7, 11) is 0. The summed E-state index contributed by atoms with van der Waals surface area (Å²) in [6.07, 6.45) is -0.912. The van der Waals surface area contributed by atoms with Gasteiger partial charge in [0.1, 0.15) is 23.9 Å². The van der Waals surface area contributed by atoms with E-state index in [9.17, 15) is 39.0 Å². The molecule has 5 amide bonds. The first kappa shape index (κ1) is 33.2. The fourth-order valence-corrected chi connectivity index (χ4v) is 3.93. The third-order valence-electron chi connectivity index (χ3n) is 6.26. The van der Waals surface area contributed by atoms with Gasteiger partial charge >= 0.3 is 5.97 Å². The van der Waals surface area contributed by atoms with Gasteiger partial charge in [0.25, 0.3) is 0 Å². The predicted molar refractivity (Wildman–Crippen MR) is 150 cm³/mol. The maximum absolute atomic E-state index is 13.4. The van der Waals surface area contributed by atoms with Gasteiger partial charge in [-0.1, -0.05) is 42.5 Å². The molecule has 0 saturated heterocycles. The van der Waals surface area contributed by atoms with Crippen LogP contribution in [0.3, 0.4) is 0 Å². The molecule has 0 aliphatic carbocycles. The fourth-order valence-electron chi connectivity index (χ4n) is 3.93. The number of hydrogen-bond acceptors (Lipinski definition) is 8. The monoisotopic (exact) mass is 584 g/mol. The lowest BCUT2D eigenvalue weighted by Crippen LogP contribution is -2.58. The number of carbonyl (C=O) groups excluding carboxylic acids is 5. The van der Waals surface area contributed by atoms with Crippen molar-refractivity contribution in [3.63, 3.8) is 0 Å². The summed E-state index contributed by atoms with van der Waals surface area (Å²) < 4.78 is 0. The van der Waals surface area contributed by atoms with Crippen LogP contribution in [0.2, 0.25) is 0 Å². The molecule has 0 fully saturated rings. The molecule has 14 heteroatoms. The quantitative estimate of drug-likeness (QED) is 0.108. The second-order valence-electron chi connectivity index (χ2n) is 9.70. The summed E-state index contributed by atoms with van der Waals surface area (Å²) in [4.78, 5) is 73.8. The number of carboxylic acid groups (broad SMARTS) is 1. The molecule has 0 radical (unpaired) electrons. The minimum atomic E-state index is -1.38. The lowest BCUT2D eigenvalue weighted by atomic mass is 10.0. The van der Waals surface area contributed by atoms with Crippen LogP contribution in [0.4, 0.5) is 0 Å². The highest BCUT2D eigenvalue weighted by Gasteiger charge is 2.31. The molecule has 11 N–H and O–H groups in total. The molecular formula is C28H36N6O8. The Hall–Kier alpha value is -4.98. The van der Waals surface area contributed by atoms with Crippen LogP contribution in [-0.4, -0.2) is 69.9 Å². The standard InChI is InChI=1S/C28H36N6O8/c29-19(10-12-23(30)36)25(38)33-21(14-17-6-8-18(35)9-7-17)27(40)32-20(11-13-24(31)37)26(39)34-22(28(41)42)15-16-4-2-1-3-5-16/h1-9,19-22,35H,10-15,29H2,(H2,30,36)(H2,31,37)(H,32,40)(H,33,38)(H,34,39)(H,41,42). The van der Waals surface area contributed by atoms with Crippen LogP contribution in [0.25, 0.3) is 0 Å². The summed E-state index contributed by atoms with van der Waals surface area (Å²) >= 11 is 0. The van der Waals surface area contributed by atoms with E-state index < -0.39 is 59.7 Å². The molecule has 0 aliphatic rings. The maximum atomic E-state index is 13.4. The number of amides is 5. The molecule has 0 bridgehead atoms. The van der Waals surface area contributed by atoms with Crippen LogP contribution >= 0.6 is 0 Å². The highest BCUT2D eigenvalue weighted by molar-refractivity contribution is 5.94. The van der Waals surface area contributed by atoms with E-state index in [-0.39, 0.29) is 44.3 Å². The molecule has 0 saturated carbocycles. The molecule has 0 aliphatic heterocycles. The van der Waals surface area contributed by atoms with Crippen LogP contribution < -0.4 is 33.2 Å².